The molecule has 2 N–H and O–H groups in total. The molecule has 3 aromatic rings. The second kappa shape index (κ2) is 9.69. The third-order valence-electron chi connectivity index (χ3n) is 4.88. The van der Waals surface area contributed by atoms with Gasteiger partial charge in [-0.1, -0.05) is 61.5 Å². The number of sulfone groups is 1. The first-order valence-corrected chi connectivity index (χ1v) is 11.5. The largest absolute Gasteiger partial charge is 0.388 e. The normalized spacial score (nSPS) is 12.3. The summed E-state index contributed by atoms with van der Waals surface area (Å²) in [5.74, 6) is -0.135. The molecule has 1 unspecified atom stereocenters. The Balaban J connectivity index is 1.55. The molecule has 3 aromatic carbocycles. The third-order valence-corrected chi connectivity index (χ3v) is 6.63. The molecule has 0 aliphatic heterocycles. The number of aliphatic hydroxyl groups excluding tert-OH is 1. The van der Waals surface area contributed by atoms with Gasteiger partial charge in [0.1, 0.15) is 0 Å². The van der Waals surface area contributed by atoms with E-state index in [0.717, 1.165) is 16.7 Å². The molecule has 1 atom stereocenters. The molecule has 0 aliphatic rings. The summed E-state index contributed by atoms with van der Waals surface area (Å²) in [6, 6.07) is 23.3. The zero-order chi connectivity index (χ0) is 21.6. The quantitative estimate of drug-likeness (QED) is 0.575. The fourth-order valence-corrected chi connectivity index (χ4v) is 4.00. The van der Waals surface area contributed by atoms with Crippen molar-refractivity contribution in [3.05, 3.63) is 95.6 Å². The zero-order valence-electron chi connectivity index (χ0n) is 16.8. The van der Waals surface area contributed by atoms with Crippen LogP contribution < -0.4 is 5.32 Å². The Kier molecular flexibility index (Phi) is 7.03. The Labute approximate surface area is 177 Å². The molecule has 0 heterocycles. The highest BCUT2D eigenvalue weighted by atomic mass is 32.2. The fraction of sp³-hybridized carbons (Fsp3) is 0.208. The molecule has 6 heteroatoms. The highest BCUT2D eigenvalue weighted by Gasteiger charge is 2.12. The predicted octanol–water partition coefficient (Wildman–Crippen LogP) is 3.94. The number of hydrogen-bond donors (Lipinski definition) is 2. The van der Waals surface area contributed by atoms with Crippen molar-refractivity contribution in [2.45, 2.75) is 30.8 Å². The number of amides is 1. The number of aliphatic hydroxyl groups is 1. The van der Waals surface area contributed by atoms with E-state index in [1.54, 1.807) is 19.1 Å². The molecule has 0 spiro atoms. The molecule has 0 saturated heterocycles. The highest BCUT2D eigenvalue weighted by Crippen LogP contribution is 2.20. The zero-order valence-corrected chi connectivity index (χ0v) is 17.6. The SMILES string of the molecule is CCS(=O)(=O)c1ccc(CC(=O)Nc2ccc(CC(O)c3ccccc3)cc2)cc1. The van der Waals surface area contributed by atoms with Crippen LogP contribution in [0.5, 0.6) is 0 Å². The molecule has 0 fully saturated rings. The van der Waals surface area contributed by atoms with Crippen molar-refractivity contribution in [3.63, 3.8) is 0 Å². The van der Waals surface area contributed by atoms with Crippen molar-refractivity contribution in [1.29, 1.82) is 0 Å². The minimum atomic E-state index is -3.24. The fourth-order valence-electron chi connectivity index (χ4n) is 3.11. The molecule has 1 amide bonds. The van der Waals surface area contributed by atoms with Gasteiger partial charge in [-0.2, -0.15) is 0 Å². The Bertz CT molecular complexity index is 1080. The van der Waals surface area contributed by atoms with Gasteiger partial charge in [0.2, 0.25) is 5.91 Å². The summed E-state index contributed by atoms with van der Waals surface area (Å²) in [7, 11) is -3.24. The summed E-state index contributed by atoms with van der Waals surface area (Å²) in [5.41, 5.74) is 3.25. The van der Waals surface area contributed by atoms with E-state index in [9.17, 15) is 18.3 Å². The summed E-state index contributed by atoms with van der Waals surface area (Å²) in [5, 5.41) is 13.2. The van der Waals surface area contributed by atoms with Gasteiger partial charge >= 0.3 is 0 Å². The Hall–Kier alpha value is -2.96. The summed E-state index contributed by atoms with van der Waals surface area (Å²) in [4.78, 5) is 12.6. The predicted molar refractivity (Wildman–Crippen MR) is 118 cm³/mol. The van der Waals surface area contributed by atoms with E-state index in [1.807, 2.05) is 54.6 Å². The highest BCUT2D eigenvalue weighted by molar-refractivity contribution is 7.91. The van der Waals surface area contributed by atoms with Crippen molar-refractivity contribution in [1.82, 2.24) is 0 Å². The van der Waals surface area contributed by atoms with Crippen molar-refractivity contribution < 1.29 is 18.3 Å². The van der Waals surface area contributed by atoms with Crippen LogP contribution in [0.15, 0.2) is 83.8 Å². The minimum absolute atomic E-state index is 0.0468. The maximum Gasteiger partial charge on any atom is 0.228 e. The number of carbonyl (C=O) groups excluding carboxylic acids is 1. The van der Waals surface area contributed by atoms with Crippen LogP contribution in [-0.2, 0) is 27.5 Å². The maximum atomic E-state index is 12.3. The van der Waals surface area contributed by atoms with Gasteiger partial charge in [0.25, 0.3) is 0 Å². The Morgan fingerprint density at radius 1 is 0.900 bits per heavy atom. The van der Waals surface area contributed by atoms with Crippen LogP contribution in [0, 0.1) is 0 Å². The van der Waals surface area contributed by atoms with E-state index < -0.39 is 15.9 Å². The van der Waals surface area contributed by atoms with Crippen molar-refractivity contribution in [3.8, 4) is 0 Å². The van der Waals surface area contributed by atoms with Crippen molar-refractivity contribution >= 4 is 21.4 Å². The number of hydrogen-bond acceptors (Lipinski definition) is 4. The van der Waals surface area contributed by atoms with Crippen LogP contribution in [0.4, 0.5) is 5.69 Å². The molecular weight excluding hydrogens is 398 g/mol. The summed E-state index contributed by atoms with van der Waals surface area (Å²) in [6.07, 6.45) is 0.0674. The molecule has 30 heavy (non-hydrogen) atoms. The molecule has 3 rings (SSSR count). The number of carbonyl (C=O) groups is 1. The number of anilines is 1. The van der Waals surface area contributed by atoms with Crippen molar-refractivity contribution in [2.75, 3.05) is 11.1 Å². The van der Waals surface area contributed by atoms with Crippen LogP contribution in [0.3, 0.4) is 0 Å². The van der Waals surface area contributed by atoms with Gasteiger partial charge in [-0.15, -0.1) is 0 Å². The molecule has 0 aromatic heterocycles. The number of nitrogens with one attached hydrogen (secondary N) is 1. The van der Waals surface area contributed by atoms with Gasteiger partial charge in [0.05, 0.1) is 23.2 Å². The third kappa shape index (κ3) is 5.78. The van der Waals surface area contributed by atoms with E-state index in [0.29, 0.717) is 12.1 Å². The first-order chi connectivity index (χ1) is 14.4. The molecular formula is C24H25NO4S. The smallest absolute Gasteiger partial charge is 0.228 e. The topological polar surface area (TPSA) is 83.5 Å². The molecule has 0 saturated carbocycles. The van der Waals surface area contributed by atoms with Crippen LogP contribution in [0.2, 0.25) is 0 Å². The van der Waals surface area contributed by atoms with Gasteiger partial charge in [0.15, 0.2) is 9.84 Å². The lowest BCUT2D eigenvalue weighted by atomic mass is 10.0. The summed E-state index contributed by atoms with van der Waals surface area (Å²) >= 11 is 0. The van der Waals surface area contributed by atoms with Gasteiger partial charge in [-0.05, 0) is 41.0 Å². The van der Waals surface area contributed by atoms with E-state index in [1.165, 1.54) is 12.1 Å². The lowest BCUT2D eigenvalue weighted by Crippen LogP contribution is -2.14. The lowest BCUT2D eigenvalue weighted by Gasteiger charge is -2.12. The minimum Gasteiger partial charge on any atom is -0.388 e. The first-order valence-electron chi connectivity index (χ1n) is 9.81. The van der Waals surface area contributed by atoms with Gasteiger partial charge < -0.3 is 10.4 Å². The first kappa shape index (κ1) is 21.7. The Morgan fingerprint density at radius 2 is 1.50 bits per heavy atom. The van der Waals surface area contributed by atoms with E-state index in [2.05, 4.69) is 5.32 Å². The monoisotopic (exact) mass is 423 g/mol. The van der Waals surface area contributed by atoms with E-state index in [-0.39, 0.29) is 23.0 Å². The van der Waals surface area contributed by atoms with Crippen molar-refractivity contribution in [2.24, 2.45) is 0 Å². The molecule has 156 valence electrons. The number of rotatable bonds is 8. The molecule has 0 radical (unpaired) electrons. The Morgan fingerprint density at radius 3 is 2.10 bits per heavy atom. The van der Waals surface area contributed by atoms with Gasteiger partial charge in [-0.3, -0.25) is 4.79 Å². The number of benzene rings is 3. The van der Waals surface area contributed by atoms with Gasteiger partial charge in [-0.25, -0.2) is 8.42 Å². The van der Waals surface area contributed by atoms with Crippen LogP contribution in [0.1, 0.15) is 29.7 Å². The maximum absolute atomic E-state index is 12.3. The van der Waals surface area contributed by atoms with Crippen LogP contribution in [-0.4, -0.2) is 25.2 Å². The van der Waals surface area contributed by atoms with E-state index in [4.69, 9.17) is 0 Å². The molecule has 0 bridgehead atoms. The average molecular weight is 424 g/mol. The molecule has 5 nitrogen and oxygen atoms in total. The van der Waals surface area contributed by atoms with E-state index >= 15 is 0 Å². The lowest BCUT2D eigenvalue weighted by molar-refractivity contribution is -0.115. The standard InChI is InChI=1S/C24H25NO4S/c1-2-30(28,29)22-14-10-19(11-15-22)17-24(27)25-21-12-8-18(9-13-21)16-23(26)20-6-4-3-5-7-20/h3-15,23,26H,2,16-17H2,1H3,(H,25,27). The second-order valence-electron chi connectivity index (χ2n) is 7.10. The summed E-state index contributed by atoms with van der Waals surface area (Å²) < 4.78 is 23.7. The van der Waals surface area contributed by atoms with Crippen LogP contribution >= 0.6 is 0 Å². The van der Waals surface area contributed by atoms with Crippen LogP contribution in [0.25, 0.3) is 0 Å². The molecule has 0 aliphatic carbocycles. The average Bonchev–Trinajstić information content (AvgIpc) is 2.76. The second-order valence-corrected chi connectivity index (χ2v) is 9.38. The summed E-state index contributed by atoms with van der Waals surface area (Å²) in [6.45, 7) is 1.60. The van der Waals surface area contributed by atoms with Gasteiger partial charge in [0, 0.05) is 12.1 Å².